The maximum absolute atomic E-state index is 13.6. The van der Waals surface area contributed by atoms with Crippen LogP contribution in [0, 0.1) is 5.82 Å². The minimum absolute atomic E-state index is 0.0624. The first-order chi connectivity index (χ1) is 9.13. The minimum Gasteiger partial charge on any atom is -0.494 e. The van der Waals surface area contributed by atoms with Crippen molar-refractivity contribution in [2.75, 3.05) is 6.61 Å². The molecule has 0 spiro atoms. The third-order valence-corrected chi connectivity index (χ3v) is 3.27. The van der Waals surface area contributed by atoms with Crippen LogP contribution in [0.3, 0.4) is 0 Å². The van der Waals surface area contributed by atoms with Crippen LogP contribution in [-0.4, -0.2) is 12.4 Å². The predicted octanol–water partition coefficient (Wildman–Crippen LogP) is 4.22. The molecule has 0 N–H and O–H groups in total. The molecule has 0 amide bonds. The third-order valence-electron chi connectivity index (χ3n) is 2.61. The van der Waals surface area contributed by atoms with Crippen LogP contribution in [0.15, 0.2) is 46.9 Å². The van der Waals surface area contributed by atoms with Gasteiger partial charge in [-0.25, -0.2) is 4.39 Å². The van der Waals surface area contributed by atoms with Gasteiger partial charge in [-0.1, -0.05) is 12.1 Å². The van der Waals surface area contributed by atoms with Crippen LogP contribution in [0.2, 0.25) is 0 Å². The van der Waals surface area contributed by atoms with Gasteiger partial charge < -0.3 is 4.74 Å². The standard InChI is InChI=1S/C15H12BrFO2/c1-2-19-10-7-8-11(13(16)9-10)15(18)12-5-3-4-6-14(12)17/h3-9H,2H2,1H3. The molecular weight excluding hydrogens is 311 g/mol. The lowest BCUT2D eigenvalue weighted by Crippen LogP contribution is -2.05. The molecule has 98 valence electrons. The highest BCUT2D eigenvalue weighted by Crippen LogP contribution is 2.26. The number of carbonyl (C=O) groups excluding carboxylic acids is 1. The van der Waals surface area contributed by atoms with Crippen LogP contribution < -0.4 is 4.74 Å². The summed E-state index contributed by atoms with van der Waals surface area (Å²) in [6.45, 7) is 2.43. The van der Waals surface area contributed by atoms with Gasteiger partial charge in [0, 0.05) is 10.0 Å². The molecule has 0 aliphatic carbocycles. The van der Waals surface area contributed by atoms with Crippen molar-refractivity contribution in [1.29, 1.82) is 0 Å². The van der Waals surface area contributed by atoms with Crippen LogP contribution in [0.1, 0.15) is 22.8 Å². The maximum Gasteiger partial charge on any atom is 0.197 e. The van der Waals surface area contributed by atoms with E-state index in [1.165, 1.54) is 12.1 Å². The average molecular weight is 323 g/mol. The molecule has 2 aromatic carbocycles. The van der Waals surface area contributed by atoms with E-state index in [1.54, 1.807) is 30.3 Å². The molecule has 0 saturated carbocycles. The van der Waals surface area contributed by atoms with Crippen LogP contribution >= 0.6 is 15.9 Å². The highest BCUT2D eigenvalue weighted by atomic mass is 79.9. The number of carbonyl (C=O) groups is 1. The molecule has 0 heterocycles. The van der Waals surface area contributed by atoms with Crippen molar-refractivity contribution in [3.63, 3.8) is 0 Å². The van der Waals surface area contributed by atoms with Gasteiger partial charge in [0.05, 0.1) is 12.2 Å². The monoisotopic (exact) mass is 322 g/mol. The van der Waals surface area contributed by atoms with E-state index in [-0.39, 0.29) is 11.3 Å². The van der Waals surface area contributed by atoms with Crippen molar-refractivity contribution in [3.8, 4) is 5.75 Å². The molecule has 0 radical (unpaired) electrons. The molecule has 2 aromatic rings. The number of benzene rings is 2. The normalized spacial score (nSPS) is 10.3. The van der Waals surface area contributed by atoms with Gasteiger partial charge >= 0.3 is 0 Å². The number of ether oxygens (including phenoxy) is 1. The molecule has 0 fully saturated rings. The van der Waals surface area contributed by atoms with E-state index in [1.807, 2.05) is 6.92 Å². The minimum atomic E-state index is -0.520. The second-order valence-electron chi connectivity index (χ2n) is 3.88. The second-order valence-corrected chi connectivity index (χ2v) is 4.74. The zero-order valence-corrected chi connectivity index (χ0v) is 11.9. The Labute approximate surface area is 119 Å². The van der Waals surface area contributed by atoms with Crippen molar-refractivity contribution >= 4 is 21.7 Å². The van der Waals surface area contributed by atoms with Gasteiger partial charge in [0.25, 0.3) is 0 Å². The molecule has 0 bridgehead atoms. The SMILES string of the molecule is CCOc1ccc(C(=O)c2ccccc2F)c(Br)c1. The summed E-state index contributed by atoms with van der Waals surface area (Å²) >= 11 is 3.32. The maximum atomic E-state index is 13.6. The summed E-state index contributed by atoms with van der Waals surface area (Å²) in [6.07, 6.45) is 0. The van der Waals surface area contributed by atoms with Crippen molar-refractivity contribution in [2.24, 2.45) is 0 Å². The van der Waals surface area contributed by atoms with Crippen molar-refractivity contribution < 1.29 is 13.9 Å². The molecule has 2 nitrogen and oxygen atoms in total. The molecule has 19 heavy (non-hydrogen) atoms. The average Bonchev–Trinajstić information content (AvgIpc) is 2.39. The lowest BCUT2D eigenvalue weighted by Gasteiger charge is -2.08. The number of halogens is 2. The zero-order chi connectivity index (χ0) is 13.8. The number of rotatable bonds is 4. The topological polar surface area (TPSA) is 26.3 Å². The summed E-state index contributed by atoms with van der Waals surface area (Å²) in [6, 6.07) is 11.0. The summed E-state index contributed by atoms with van der Waals surface area (Å²) in [7, 11) is 0. The predicted molar refractivity (Wildman–Crippen MR) is 75.1 cm³/mol. The van der Waals surface area contributed by atoms with Crippen LogP contribution in [0.5, 0.6) is 5.75 Å². The van der Waals surface area contributed by atoms with E-state index in [9.17, 15) is 9.18 Å². The highest BCUT2D eigenvalue weighted by molar-refractivity contribution is 9.10. The molecule has 0 atom stereocenters. The Kier molecular flexibility index (Phi) is 4.32. The van der Waals surface area contributed by atoms with Gasteiger partial charge in [0.15, 0.2) is 5.78 Å². The van der Waals surface area contributed by atoms with E-state index in [0.29, 0.717) is 22.4 Å². The fourth-order valence-corrected chi connectivity index (χ4v) is 2.26. The summed E-state index contributed by atoms with van der Waals surface area (Å²) in [4.78, 5) is 12.2. The van der Waals surface area contributed by atoms with Crippen LogP contribution in [-0.2, 0) is 0 Å². The first kappa shape index (κ1) is 13.7. The Bertz CT molecular complexity index is 611. The number of ketones is 1. The molecular formula is C15H12BrFO2. The summed E-state index contributed by atoms with van der Waals surface area (Å²) < 4.78 is 19.5. The lowest BCUT2D eigenvalue weighted by molar-refractivity contribution is 0.103. The van der Waals surface area contributed by atoms with Crippen molar-refractivity contribution in [3.05, 3.63) is 63.9 Å². The molecule has 4 heteroatoms. The van der Waals surface area contributed by atoms with Crippen molar-refractivity contribution in [1.82, 2.24) is 0 Å². The molecule has 2 rings (SSSR count). The number of hydrogen-bond acceptors (Lipinski definition) is 2. The van der Waals surface area contributed by atoms with Gasteiger partial charge in [-0.3, -0.25) is 4.79 Å². The lowest BCUT2D eigenvalue weighted by atomic mass is 10.0. The smallest absolute Gasteiger partial charge is 0.197 e. The second kappa shape index (κ2) is 5.97. The summed E-state index contributed by atoms with van der Waals surface area (Å²) in [5, 5.41) is 0. The van der Waals surface area contributed by atoms with E-state index >= 15 is 0 Å². The Morgan fingerprint density at radius 2 is 1.95 bits per heavy atom. The Hall–Kier alpha value is -1.68. The Morgan fingerprint density at radius 3 is 2.58 bits per heavy atom. The van der Waals surface area contributed by atoms with Crippen LogP contribution in [0.25, 0.3) is 0 Å². The highest BCUT2D eigenvalue weighted by Gasteiger charge is 2.16. The molecule has 0 aliphatic heterocycles. The Morgan fingerprint density at radius 1 is 1.21 bits per heavy atom. The van der Waals surface area contributed by atoms with E-state index < -0.39 is 5.82 Å². The molecule has 0 saturated heterocycles. The van der Waals surface area contributed by atoms with Crippen LogP contribution in [0.4, 0.5) is 4.39 Å². The molecule has 0 unspecified atom stereocenters. The quantitative estimate of drug-likeness (QED) is 0.788. The fourth-order valence-electron chi connectivity index (χ4n) is 1.73. The van der Waals surface area contributed by atoms with Gasteiger partial charge in [-0.15, -0.1) is 0 Å². The first-order valence-corrected chi connectivity index (χ1v) is 6.64. The van der Waals surface area contributed by atoms with E-state index in [4.69, 9.17) is 4.74 Å². The number of hydrogen-bond donors (Lipinski definition) is 0. The van der Waals surface area contributed by atoms with Gasteiger partial charge in [-0.2, -0.15) is 0 Å². The van der Waals surface area contributed by atoms with E-state index in [2.05, 4.69) is 15.9 Å². The first-order valence-electron chi connectivity index (χ1n) is 5.85. The zero-order valence-electron chi connectivity index (χ0n) is 10.3. The fraction of sp³-hybridized carbons (Fsp3) is 0.133. The molecule has 0 aliphatic rings. The van der Waals surface area contributed by atoms with Gasteiger partial charge in [0.1, 0.15) is 11.6 Å². The van der Waals surface area contributed by atoms with E-state index in [0.717, 1.165) is 0 Å². The largest absolute Gasteiger partial charge is 0.494 e. The third kappa shape index (κ3) is 3.01. The molecule has 0 aromatic heterocycles. The van der Waals surface area contributed by atoms with Crippen molar-refractivity contribution in [2.45, 2.75) is 6.92 Å². The summed E-state index contributed by atoms with van der Waals surface area (Å²) in [5.41, 5.74) is 0.473. The van der Waals surface area contributed by atoms with Gasteiger partial charge in [0.2, 0.25) is 0 Å². The Balaban J connectivity index is 2.37. The van der Waals surface area contributed by atoms with Gasteiger partial charge in [-0.05, 0) is 53.2 Å². The summed E-state index contributed by atoms with van der Waals surface area (Å²) in [5.74, 6) is -0.208.